The fourth-order valence-corrected chi connectivity index (χ4v) is 5.22. The Labute approximate surface area is 225 Å². The molecule has 0 saturated carbocycles. The number of para-hydroxylation sites is 1. The largest absolute Gasteiger partial charge is 0.353 e. The lowest BCUT2D eigenvalue weighted by Crippen LogP contribution is -2.31. The molecule has 0 aliphatic carbocycles. The molecule has 4 rings (SSSR count). The van der Waals surface area contributed by atoms with Crippen molar-refractivity contribution in [2.75, 3.05) is 11.1 Å². The molecule has 37 heavy (non-hydrogen) atoms. The van der Waals surface area contributed by atoms with Gasteiger partial charge in [0.1, 0.15) is 0 Å². The van der Waals surface area contributed by atoms with Gasteiger partial charge in [0.05, 0.1) is 28.3 Å². The van der Waals surface area contributed by atoms with Gasteiger partial charge in [-0.25, -0.2) is 0 Å². The number of dihydropyridines is 1. The lowest BCUT2D eigenvalue weighted by Gasteiger charge is -2.30. The molecule has 3 aromatic rings. The summed E-state index contributed by atoms with van der Waals surface area (Å²) in [6.07, 6.45) is 0. The molecular formula is C29H25ClN4O2S. The topological polar surface area (TPSA) is 94.0 Å². The summed E-state index contributed by atoms with van der Waals surface area (Å²) < 4.78 is 0. The van der Waals surface area contributed by atoms with Gasteiger partial charge in [0, 0.05) is 28.5 Å². The summed E-state index contributed by atoms with van der Waals surface area (Å²) in [6.45, 7) is 2.21. The van der Waals surface area contributed by atoms with E-state index < -0.39 is 5.92 Å². The summed E-state index contributed by atoms with van der Waals surface area (Å²) in [7, 11) is 0. The molecule has 1 heterocycles. The first-order valence-electron chi connectivity index (χ1n) is 11.6. The highest BCUT2D eigenvalue weighted by atomic mass is 35.5. The SMILES string of the molecule is CC1=C(C(=O)Nc2ccccc2)C(c2ccccc2Cl)C(C#N)=C(SCC(=O)NCc2ccccc2)N1. The van der Waals surface area contributed by atoms with Crippen LogP contribution >= 0.6 is 23.4 Å². The Hall–Kier alpha value is -3.99. The first-order valence-corrected chi connectivity index (χ1v) is 13.0. The molecule has 1 aliphatic heterocycles. The van der Waals surface area contributed by atoms with Crippen molar-refractivity contribution in [1.29, 1.82) is 5.26 Å². The van der Waals surface area contributed by atoms with Gasteiger partial charge in [-0.15, -0.1) is 0 Å². The van der Waals surface area contributed by atoms with Gasteiger partial charge in [0.25, 0.3) is 5.91 Å². The molecule has 1 aliphatic rings. The molecule has 0 aromatic heterocycles. The molecule has 186 valence electrons. The highest BCUT2D eigenvalue weighted by Gasteiger charge is 2.35. The Morgan fingerprint density at radius 3 is 2.32 bits per heavy atom. The predicted octanol–water partition coefficient (Wildman–Crippen LogP) is 5.72. The smallest absolute Gasteiger partial charge is 0.254 e. The first kappa shape index (κ1) is 26.1. The van der Waals surface area contributed by atoms with E-state index in [1.54, 1.807) is 31.2 Å². The van der Waals surface area contributed by atoms with Crippen molar-refractivity contribution in [2.24, 2.45) is 0 Å². The molecular weight excluding hydrogens is 504 g/mol. The minimum Gasteiger partial charge on any atom is -0.353 e. The number of nitrogens with zero attached hydrogens (tertiary/aromatic N) is 1. The third kappa shape index (κ3) is 6.42. The second-order valence-corrected chi connectivity index (χ2v) is 9.74. The molecule has 6 nitrogen and oxygen atoms in total. The van der Waals surface area contributed by atoms with Crippen molar-refractivity contribution in [1.82, 2.24) is 10.6 Å². The van der Waals surface area contributed by atoms with Crippen LogP contribution in [0.4, 0.5) is 5.69 Å². The Morgan fingerprint density at radius 2 is 1.65 bits per heavy atom. The van der Waals surface area contributed by atoms with E-state index in [9.17, 15) is 14.9 Å². The molecule has 0 fully saturated rings. The number of thioether (sulfide) groups is 1. The molecule has 1 atom stereocenters. The molecule has 0 saturated heterocycles. The summed E-state index contributed by atoms with van der Waals surface area (Å²) in [5.74, 6) is -1.09. The number of hydrogen-bond acceptors (Lipinski definition) is 5. The molecule has 2 amide bonds. The summed E-state index contributed by atoms with van der Waals surface area (Å²) in [5.41, 5.74) is 3.60. The van der Waals surface area contributed by atoms with Crippen LogP contribution in [0.1, 0.15) is 24.0 Å². The van der Waals surface area contributed by atoms with Gasteiger partial charge >= 0.3 is 0 Å². The van der Waals surface area contributed by atoms with Gasteiger partial charge in [-0.3, -0.25) is 9.59 Å². The standard InChI is InChI=1S/C29H25ClN4O2S/c1-19-26(28(36)34-21-12-6-3-7-13-21)27(22-14-8-9-15-24(22)30)23(16-31)29(33-19)37-18-25(35)32-17-20-10-4-2-5-11-20/h2-15,27,33H,17-18H2,1H3,(H,32,35)(H,34,36). The minimum atomic E-state index is -0.696. The van der Waals surface area contributed by atoms with Crippen LogP contribution in [0.25, 0.3) is 0 Å². The second kappa shape index (κ2) is 12.3. The van der Waals surface area contributed by atoms with E-state index in [1.807, 2.05) is 60.7 Å². The zero-order valence-corrected chi connectivity index (χ0v) is 21.7. The van der Waals surface area contributed by atoms with E-state index >= 15 is 0 Å². The van der Waals surface area contributed by atoms with Gasteiger partial charge in [0.15, 0.2) is 0 Å². The first-order chi connectivity index (χ1) is 18.0. The van der Waals surface area contributed by atoms with Crippen molar-refractivity contribution >= 4 is 40.9 Å². The maximum atomic E-state index is 13.5. The van der Waals surface area contributed by atoms with Crippen LogP contribution in [-0.2, 0) is 16.1 Å². The summed E-state index contributed by atoms with van der Waals surface area (Å²) >= 11 is 7.78. The number of nitrogens with one attached hydrogen (secondary N) is 3. The summed E-state index contributed by atoms with van der Waals surface area (Å²) in [5, 5.41) is 20.2. The number of amides is 2. The molecule has 3 N–H and O–H groups in total. The van der Waals surface area contributed by atoms with Crippen LogP contribution in [0.5, 0.6) is 0 Å². The zero-order chi connectivity index (χ0) is 26.2. The van der Waals surface area contributed by atoms with Crippen LogP contribution in [0.15, 0.2) is 107 Å². The lowest BCUT2D eigenvalue weighted by molar-refractivity contribution is -0.118. The number of hydrogen-bond donors (Lipinski definition) is 3. The second-order valence-electron chi connectivity index (χ2n) is 8.34. The van der Waals surface area contributed by atoms with Crippen LogP contribution < -0.4 is 16.0 Å². The molecule has 0 radical (unpaired) electrons. The monoisotopic (exact) mass is 528 g/mol. The highest BCUT2D eigenvalue weighted by molar-refractivity contribution is 8.03. The van der Waals surface area contributed by atoms with E-state index in [0.717, 1.165) is 5.56 Å². The average Bonchev–Trinajstić information content (AvgIpc) is 2.91. The molecule has 3 aromatic carbocycles. The molecule has 0 spiro atoms. The number of nitriles is 1. The van der Waals surface area contributed by atoms with E-state index in [-0.39, 0.29) is 17.6 Å². The van der Waals surface area contributed by atoms with E-state index in [0.29, 0.717) is 44.7 Å². The minimum absolute atomic E-state index is 0.106. The molecule has 0 bridgehead atoms. The van der Waals surface area contributed by atoms with Gasteiger partial charge < -0.3 is 16.0 Å². The van der Waals surface area contributed by atoms with Crippen LogP contribution in [0.3, 0.4) is 0 Å². The van der Waals surface area contributed by atoms with Crippen molar-refractivity contribution < 1.29 is 9.59 Å². The Bertz CT molecular complexity index is 1400. The quantitative estimate of drug-likeness (QED) is 0.347. The van der Waals surface area contributed by atoms with E-state index in [4.69, 9.17) is 11.6 Å². The average molecular weight is 529 g/mol. The number of carbonyl (C=O) groups excluding carboxylic acids is 2. The lowest BCUT2D eigenvalue weighted by atomic mass is 9.82. The summed E-state index contributed by atoms with van der Waals surface area (Å²) in [4.78, 5) is 26.0. The Kier molecular flexibility index (Phi) is 8.68. The molecule has 1 unspecified atom stereocenters. The van der Waals surface area contributed by atoms with Crippen molar-refractivity contribution in [2.45, 2.75) is 19.4 Å². The zero-order valence-electron chi connectivity index (χ0n) is 20.1. The number of allylic oxidation sites excluding steroid dienone is 2. The number of carbonyl (C=O) groups is 2. The van der Waals surface area contributed by atoms with Crippen LogP contribution in [-0.4, -0.2) is 17.6 Å². The Balaban J connectivity index is 1.60. The maximum absolute atomic E-state index is 13.5. The number of anilines is 1. The maximum Gasteiger partial charge on any atom is 0.254 e. The van der Waals surface area contributed by atoms with Crippen molar-refractivity contribution in [3.63, 3.8) is 0 Å². The highest BCUT2D eigenvalue weighted by Crippen LogP contribution is 2.43. The number of halogens is 1. The number of benzene rings is 3. The summed E-state index contributed by atoms with van der Waals surface area (Å²) in [6, 6.07) is 28.2. The predicted molar refractivity (Wildman–Crippen MR) is 148 cm³/mol. The number of rotatable bonds is 8. The van der Waals surface area contributed by atoms with Crippen LogP contribution in [0, 0.1) is 11.3 Å². The van der Waals surface area contributed by atoms with Crippen molar-refractivity contribution in [3.05, 3.63) is 123 Å². The van der Waals surface area contributed by atoms with Crippen molar-refractivity contribution in [3.8, 4) is 6.07 Å². The fourth-order valence-electron chi connectivity index (χ4n) is 4.05. The van der Waals surface area contributed by atoms with Crippen LogP contribution in [0.2, 0.25) is 5.02 Å². The van der Waals surface area contributed by atoms with Gasteiger partial charge in [-0.2, -0.15) is 5.26 Å². The van der Waals surface area contributed by atoms with Gasteiger partial charge in [0.2, 0.25) is 5.91 Å². The van der Waals surface area contributed by atoms with E-state index in [2.05, 4.69) is 22.0 Å². The normalized spacial score (nSPS) is 15.0. The van der Waals surface area contributed by atoms with E-state index in [1.165, 1.54) is 11.8 Å². The third-order valence-electron chi connectivity index (χ3n) is 5.82. The van der Waals surface area contributed by atoms with Gasteiger partial charge in [-0.1, -0.05) is 90.1 Å². The Morgan fingerprint density at radius 1 is 1.00 bits per heavy atom. The fraction of sp³-hybridized carbons (Fsp3) is 0.138. The molecule has 8 heteroatoms. The van der Waals surface area contributed by atoms with Gasteiger partial charge in [-0.05, 0) is 36.2 Å². The third-order valence-corrected chi connectivity index (χ3v) is 7.18.